The van der Waals surface area contributed by atoms with Crippen LogP contribution in [0.15, 0.2) is 212 Å². The largest absolute Gasteiger partial charge is 0.309 e. The second-order valence-electron chi connectivity index (χ2n) is 12.9. The van der Waals surface area contributed by atoms with E-state index in [9.17, 15) is 0 Å². The molecule has 0 N–H and O–H groups in total. The Morgan fingerprint density at radius 1 is 0.255 bits per heavy atom. The zero-order chi connectivity index (χ0) is 34.0. The molecule has 0 bridgehead atoms. The average molecular weight is 650 g/mol. The van der Waals surface area contributed by atoms with Crippen LogP contribution in [0.1, 0.15) is 0 Å². The molecule has 0 fully saturated rings. The van der Waals surface area contributed by atoms with Crippen molar-refractivity contribution in [2.45, 2.75) is 0 Å². The highest BCUT2D eigenvalue weighted by Crippen LogP contribution is 2.44. The van der Waals surface area contributed by atoms with Gasteiger partial charge in [-0.15, -0.1) is 0 Å². The van der Waals surface area contributed by atoms with Gasteiger partial charge in [0.15, 0.2) is 0 Å². The van der Waals surface area contributed by atoms with Gasteiger partial charge in [-0.05, 0) is 85.4 Å². The predicted molar refractivity (Wildman–Crippen MR) is 218 cm³/mol. The quantitative estimate of drug-likeness (QED) is 0.166. The molecule has 0 aliphatic rings. The number of nitrogens with zero attached hydrogens (tertiary/aromatic N) is 1. The fourth-order valence-electron chi connectivity index (χ4n) is 7.34. The van der Waals surface area contributed by atoms with Gasteiger partial charge in [0.05, 0.1) is 11.4 Å². The van der Waals surface area contributed by atoms with Crippen LogP contribution in [0.25, 0.3) is 66.1 Å². The highest BCUT2D eigenvalue weighted by molar-refractivity contribution is 6.01. The first kappa shape index (κ1) is 30.4. The lowest BCUT2D eigenvalue weighted by Crippen LogP contribution is -2.11. The van der Waals surface area contributed by atoms with Crippen molar-refractivity contribution in [1.29, 1.82) is 0 Å². The Labute approximate surface area is 299 Å². The Morgan fingerprint density at radius 3 is 1.53 bits per heavy atom. The Morgan fingerprint density at radius 2 is 0.725 bits per heavy atom. The number of para-hydroxylation sites is 1. The molecule has 9 aromatic carbocycles. The minimum absolute atomic E-state index is 1.11. The van der Waals surface area contributed by atoms with Crippen LogP contribution in [0.3, 0.4) is 0 Å². The molecule has 1 nitrogen and oxygen atoms in total. The van der Waals surface area contributed by atoms with E-state index in [1.807, 2.05) is 0 Å². The Kier molecular flexibility index (Phi) is 7.92. The molecule has 0 heterocycles. The van der Waals surface area contributed by atoms with Crippen LogP contribution in [0, 0.1) is 0 Å². The number of rotatable bonds is 7. The minimum atomic E-state index is 1.11. The van der Waals surface area contributed by atoms with Crippen LogP contribution >= 0.6 is 0 Å². The molecule has 0 amide bonds. The molecule has 0 unspecified atom stereocenters. The number of fused-ring (bicyclic) bond motifs is 2. The first-order valence-electron chi connectivity index (χ1n) is 17.5. The molecule has 240 valence electrons. The normalized spacial score (nSPS) is 11.1. The van der Waals surface area contributed by atoms with Gasteiger partial charge in [-0.3, -0.25) is 0 Å². The van der Waals surface area contributed by atoms with Gasteiger partial charge >= 0.3 is 0 Å². The fourth-order valence-corrected chi connectivity index (χ4v) is 7.34. The van der Waals surface area contributed by atoms with Crippen molar-refractivity contribution in [1.82, 2.24) is 0 Å². The van der Waals surface area contributed by atoms with Gasteiger partial charge in [-0.1, -0.05) is 182 Å². The lowest BCUT2D eigenvalue weighted by molar-refractivity contribution is 1.30. The molecule has 0 saturated carbocycles. The van der Waals surface area contributed by atoms with Crippen molar-refractivity contribution < 1.29 is 0 Å². The minimum Gasteiger partial charge on any atom is -0.309 e. The molecule has 0 radical (unpaired) electrons. The van der Waals surface area contributed by atoms with Crippen molar-refractivity contribution in [2.24, 2.45) is 0 Å². The zero-order valence-electron chi connectivity index (χ0n) is 28.2. The summed E-state index contributed by atoms with van der Waals surface area (Å²) >= 11 is 0. The van der Waals surface area contributed by atoms with Crippen molar-refractivity contribution in [3.05, 3.63) is 212 Å². The summed E-state index contributed by atoms with van der Waals surface area (Å²) in [6.07, 6.45) is 0. The Bertz CT molecular complexity index is 2610. The third-order valence-electron chi connectivity index (χ3n) is 9.88. The van der Waals surface area contributed by atoms with Gasteiger partial charge < -0.3 is 4.90 Å². The van der Waals surface area contributed by atoms with Crippen LogP contribution < -0.4 is 4.90 Å². The average Bonchev–Trinajstić information content (AvgIpc) is 3.22. The molecule has 0 aliphatic carbocycles. The summed E-state index contributed by atoms with van der Waals surface area (Å²) in [6.45, 7) is 0. The molecule has 0 aliphatic heterocycles. The second-order valence-corrected chi connectivity index (χ2v) is 12.9. The van der Waals surface area contributed by atoms with Crippen molar-refractivity contribution in [3.8, 4) is 44.5 Å². The summed E-state index contributed by atoms with van der Waals surface area (Å²) in [4.78, 5) is 2.42. The van der Waals surface area contributed by atoms with Crippen LogP contribution in [0.2, 0.25) is 0 Å². The van der Waals surface area contributed by atoms with E-state index < -0.39 is 0 Å². The van der Waals surface area contributed by atoms with Gasteiger partial charge in [0, 0.05) is 16.6 Å². The van der Waals surface area contributed by atoms with Crippen LogP contribution in [-0.4, -0.2) is 0 Å². The monoisotopic (exact) mass is 649 g/mol. The summed E-state index contributed by atoms with van der Waals surface area (Å²) in [5, 5.41) is 4.95. The van der Waals surface area contributed by atoms with E-state index in [0.29, 0.717) is 0 Å². The lowest BCUT2D eigenvalue weighted by atomic mass is 9.95. The van der Waals surface area contributed by atoms with Crippen molar-refractivity contribution in [2.75, 3.05) is 4.90 Å². The first-order valence-corrected chi connectivity index (χ1v) is 17.5. The maximum Gasteiger partial charge on any atom is 0.0540 e. The van der Waals surface area contributed by atoms with Gasteiger partial charge in [0.2, 0.25) is 0 Å². The van der Waals surface area contributed by atoms with Crippen LogP contribution in [0.4, 0.5) is 17.1 Å². The van der Waals surface area contributed by atoms with E-state index in [4.69, 9.17) is 0 Å². The molecule has 0 atom stereocenters. The highest BCUT2D eigenvalue weighted by atomic mass is 15.1. The zero-order valence-corrected chi connectivity index (χ0v) is 28.2. The summed E-state index contributed by atoms with van der Waals surface area (Å²) in [5.41, 5.74) is 13.0. The van der Waals surface area contributed by atoms with Gasteiger partial charge in [-0.25, -0.2) is 0 Å². The summed E-state index contributed by atoms with van der Waals surface area (Å²) in [7, 11) is 0. The van der Waals surface area contributed by atoms with Crippen LogP contribution in [0.5, 0.6) is 0 Å². The molecule has 9 aromatic rings. The summed E-state index contributed by atoms with van der Waals surface area (Å²) < 4.78 is 0. The maximum absolute atomic E-state index is 2.42. The predicted octanol–water partition coefficient (Wildman–Crippen LogP) is 14.1. The third-order valence-corrected chi connectivity index (χ3v) is 9.88. The Hall–Kier alpha value is -6.70. The molecular weight excluding hydrogens is 615 g/mol. The molecule has 0 saturated heterocycles. The van der Waals surface area contributed by atoms with E-state index >= 15 is 0 Å². The third kappa shape index (κ3) is 5.86. The second kappa shape index (κ2) is 13.3. The fraction of sp³-hybridized carbons (Fsp3) is 0. The van der Waals surface area contributed by atoms with E-state index in [0.717, 1.165) is 17.1 Å². The van der Waals surface area contributed by atoms with Gasteiger partial charge in [0.25, 0.3) is 0 Å². The van der Waals surface area contributed by atoms with E-state index in [2.05, 4.69) is 217 Å². The molecule has 0 aromatic heterocycles. The summed E-state index contributed by atoms with van der Waals surface area (Å²) in [5.74, 6) is 0. The van der Waals surface area contributed by atoms with E-state index in [1.165, 1.54) is 66.1 Å². The van der Waals surface area contributed by atoms with Crippen molar-refractivity contribution in [3.63, 3.8) is 0 Å². The standard InChI is InChI=1S/C50H35N/c1-2-13-36(14-3-1)37-27-29-41(30-28-37)48-23-8-9-25-49(48)51(50-26-12-18-40-16-5-7-22-47(40)50)44-33-31-38(32-34-44)42-19-10-20-43(35-42)46-24-11-17-39-15-4-6-21-45(39)46/h1-35H. The maximum atomic E-state index is 2.42. The molecule has 51 heavy (non-hydrogen) atoms. The lowest BCUT2D eigenvalue weighted by Gasteiger charge is -2.29. The van der Waals surface area contributed by atoms with E-state index in [1.54, 1.807) is 0 Å². The van der Waals surface area contributed by atoms with Gasteiger partial charge in [-0.2, -0.15) is 0 Å². The molecular formula is C50H35N. The van der Waals surface area contributed by atoms with Crippen LogP contribution in [-0.2, 0) is 0 Å². The smallest absolute Gasteiger partial charge is 0.0540 e. The topological polar surface area (TPSA) is 3.24 Å². The SMILES string of the molecule is c1ccc(-c2ccc(-c3ccccc3N(c3ccc(-c4cccc(-c5cccc6ccccc56)c4)cc3)c3cccc4ccccc34)cc2)cc1. The molecule has 0 spiro atoms. The molecule has 1 heteroatoms. The number of benzene rings is 9. The highest BCUT2D eigenvalue weighted by Gasteiger charge is 2.19. The number of hydrogen-bond donors (Lipinski definition) is 0. The van der Waals surface area contributed by atoms with E-state index in [-0.39, 0.29) is 0 Å². The first-order chi connectivity index (χ1) is 25.3. The number of hydrogen-bond acceptors (Lipinski definition) is 1. The van der Waals surface area contributed by atoms with Crippen molar-refractivity contribution >= 4 is 38.6 Å². The summed E-state index contributed by atoms with van der Waals surface area (Å²) in [6, 6.07) is 76.6. The van der Waals surface area contributed by atoms with Gasteiger partial charge in [0.1, 0.15) is 0 Å². The Balaban J connectivity index is 1.14. The number of anilines is 3. The molecule has 9 rings (SSSR count).